The summed E-state index contributed by atoms with van der Waals surface area (Å²) in [7, 11) is -7.65. The minimum Gasteiger partial charge on any atom is -0.312 e. The molecule has 33 heavy (non-hydrogen) atoms. The van der Waals surface area contributed by atoms with Gasteiger partial charge < -0.3 is 4.90 Å². The minimum atomic E-state index is -3.93. The van der Waals surface area contributed by atoms with E-state index in [0.717, 1.165) is 32.1 Å². The van der Waals surface area contributed by atoms with Crippen LogP contribution in [0, 0.1) is 6.92 Å². The third-order valence-electron chi connectivity index (χ3n) is 6.16. The average Bonchev–Trinajstić information content (AvgIpc) is 3.03. The van der Waals surface area contributed by atoms with Gasteiger partial charge in [0.25, 0.3) is 10.0 Å². The van der Waals surface area contributed by atoms with Crippen LogP contribution in [0.4, 0.5) is 11.4 Å². The third-order valence-corrected chi connectivity index (χ3v) is 9.59. The maximum absolute atomic E-state index is 13.3. The lowest BCUT2D eigenvalue weighted by Crippen LogP contribution is -2.32. The number of carbonyl (C=O) groups excluding carboxylic acids is 1. The van der Waals surface area contributed by atoms with Gasteiger partial charge in [-0.05, 0) is 68.1 Å². The summed E-state index contributed by atoms with van der Waals surface area (Å²) in [6.45, 7) is 3.29. The molecule has 2 aliphatic rings. The van der Waals surface area contributed by atoms with Gasteiger partial charge in [-0.3, -0.25) is 9.52 Å². The van der Waals surface area contributed by atoms with Crippen molar-refractivity contribution in [2.45, 2.75) is 55.2 Å². The summed E-state index contributed by atoms with van der Waals surface area (Å²) in [6, 6.07) is 10.7. The van der Waals surface area contributed by atoms with E-state index in [2.05, 4.69) is 4.72 Å². The molecule has 0 aromatic heterocycles. The van der Waals surface area contributed by atoms with Crippen molar-refractivity contribution in [3.63, 3.8) is 0 Å². The highest BCUT2D eigenvalue weighted by Gasteiger charge is 2.28. The van der Waals surface area contributed by atoms with Crippen molar-refractivity contribution in [3.8, 4) is 0 Å². The van der Waals surface area contributed by atoms with Crippen molar-refractivity contribution in [2.75, 3.05) is 29.3 Å². The first kappa shape index (κ1) is 23.7. The van der Waals surface area contributed by atoms with E-state index < -0.39 is 20.0 Å². The summed E-state index contributed by atoms with van der Waals surface area (Å²) >= 11 is 0. The maximum atomic E-state index is 13.3. The molecule has 0 spiro atoms. The van der Waals surface area contributed by atoms with E-state index in [4.69, 9.17) is 0 Å². The van der Waals surface area contributed by atoms with Crippen LogP contribution in [0.5, 0.6) is 0 Å². The van der Waals surface area contributed by atoms with Gasteiger partial charge in [-0.25, -0.2) is 16.8 Å². The Labute approximate surface area is 195 Å². The van der Waals surface area contributed by atoms with Gasteiger partial charge in [-0.1, -0.05) is 18.9 Å². The number of nitrogens with zero attached hydrogens (tertiary/aromatic N) is 2. The second-order valence-corrected chi connectivity index (χ2v) is 12.1. The highest BCUT2D eigenvalue weighted by atomic mass is 32.2. The molecule has 0 saturated carbocycles. The largest absolute Gasteiger partial charge is 0.312 e. The van der Waals surface area contributed by atoms with Gasteiger partial charge in [0.2, 0.25) is 15.9 Å². The zero-order valence-corrected chi connectivity index (χ0v) is 20.3. The molecule has 2 heterocycles. The van der Waals surface area contributed by atoms with Crippen LogP contribution < -0.4 is 9.62 Å². The van der Waals surface area contributed by atoms with Crippen molar-refractivity contribution in [1.29, 1.82) is 0 Å². The van der Waals surface area contributed by atoms with Crippen molar-refractivity contribution in [1.82, 2.24) is 4.31 Å². The lowest BCUT2D eigenvalue weighted by Gasteiger charge is -2.21. The fourth-order valence-electron chi connectivity index (χ4n) is 4.30. The van der Waals surface area contributed by atoms with Crippen molar-refractivity contribution < 1.29 is 21.6 Å². The number of anilines is 2. The van der Waals surface area contributed by atoms with Gasteiger partial charge in [0.05, 0.1) is 15.5 Å². The Balaban J connectivity index is 1.57. The smallest absolute Gasteiger partial charge is 0.261 e. The zero-order chi connectivity index (χ0) is 23.6. The van der Waals surface area contributed by atoms with Gasteiger partial charge in [-0.2, -0.15) is 4.31 Å². The first-order valence-corrected chi connectivity index (χ1v) is 14.1. The number of amides is 1. The number of benzene rings is 2. The maximum Gasteiger partial charge on any atom is 0.261 e. The first-order chi connectivity index (χ1) is 15.7. The molecule has 178 valence electrons. The van der Waals surface area contributed by atoms with Crippen molar-refractivity contribution in [3.05, 3.63) is 48.0 Å². The molecule has 0 radical (unpaired) electrons. The number of nitrogens with one attached hydrogen (secondary N) is 1. The number of rotatable bonds is 6. The molecule has 0 bridgehead atoms. The molecule has 1 amide bonds. The molecule has 2 aromatic rings. The van der Waals surface area contributed by atoms with Crippen LogP contribution in [0.25, 0.3) is 0 Å². The van der Waals surface area contributed by atoms with Gasteiger partial charge in [-0.15, -0.1) is 0 Å². The average molecular weight is 492 g/mol. The van der Waals surface area contributed by atoms with Gasteiger partial charge in [0.15, 0.2) is 0 Å². The van der Waals surface area contributed by atoms with E-state index in [0.29, 0.717) is 37.3 Å². The molecule has 2 aliphatic heterocycles. The summed E-state index contributed by atoms with van der Waals surface area (Å²) < 4.78 is 56.4. The van der Waals surface area contributed by atoms with Crippen LogP contribution in [0.1, 0.15) is 44.1 Å². The number of aryl methyl sites for hydroxylation is 1. The molecule has 2 aromatic carbocycles. The Morgan fingerprint density at radius 2 is 1.48 bits per heavy atom. The molecule has 8 nitrogen and oxygen atoms in total. The molecule has 0 aliphatic carbocycles. The number of carbonyl (C=O) groups is 1. The predicted molar refractivity (Wildman–Crippen MR) is 127 cm³/mol. The van der Waals surface area contributed by atoms with E-state index in [9.17, 15) is 21.6 Å². The second kappa shape index (κ2) is 9.44. The van der Waals surface area contributed by atoms with Crippen LogP contribution >= 0.6 is 0 Å². The lowest BCUT2D eigenvalue weighted by molar-refractivity contribution is -0.117. The SMILES string of the molecule is Cc1ccc(NS(=O)(=O)c2ccc(N3CCCC3=O)cc2)cc1S(=O)(=O)N1CCCCCC1. The Kier molecular flexibility index (Phi) is 6.78. The summed E-state index contributed by atoms with van der Waals surface area (Å²) in [4.78, 5) is 13.7. The highest BCUT2D eigenvalue weighted by molar-refractivity contribution is 7.92. The molecule has 1 N–H and O–H groups in total. The van der Waals surface area contributed by atoms with E-state index in [1.165, 1.54) is 22.5 Å². The van der Waals surface area contributed by atoms with Gasteiger partial charge in [0.1, 0.15) is 0 Å². The Morgan fingerprint density at radius 3 is 2.09 bits per heavy atom. The lowest BCUT2D eigenvalue weighted by atomic mass is 10.2. The second-order valence-electron chi connectivity index (χ2n) is 8.55. The topological polar surface area (TPSA) is 104 Å². The fraction of sp³-hybridized carbons (Fsp3) is 0.435. The summed E-state index contributed by atoms with van der Waals surface area (Å²) in [5.74, 6) is 0.0292. The summed E-state index contributed by atoms with van der Waals surface area (Å²) in [5.41, 5.74) is 1.42. The van der Waals surface area contributed by atoms with Gasteiger partial charge >= 0.3 is 0 Å². The van der Waals surface area contributed by atoms with E-state index in [1.807, 2.05) is 0 Å². The Bertz CT molecular complexity index is 1230. The number of hydrogen-bond donors (Lipinski definition) is 1. The predicted octanol–water partition coefficient (Wildman–Crippen LogP) is 3.49. The molecule has 4 rings (SSSR count). The zero-order valence-electron chi connectivity index (χ0n) is 18.7. The molecule has 10 heteroatoms. The molecule has 0 atom stereocenters. The highest BCUT2D eigenvalue weighted by Crippen LogP contribution is 2.28. The number of hydrogen-bond acceptors (Lipinski definition) is 5. The number of sulfonamides is 2. The van der Waals surface area contributed by atoms with Crippen LogP contribution in [-0.2, 0) is 24.8 Å². The van der Waals surface area contributed by atoms with E-state index in [1.54, 1.807) is 36.1 Å². The van der Waals surface area contributed by atoms with Crippen LogP contribution in [0.2, 0.25) is 0 Å². The molecular weight excluding hydrogens is 462 g/mol. The first-order valence-electron chi connectivity index (χ1n) is 11.2. The summed E-state index contributed by atoms with van der Waals surface area (Å²) in [5, 5.41) is 0. The van der Waals surface area contributed by atoms with E-state index in [-0.39, 0.29) is 21.4 Å². The standard InChI is InChI=1S/C23H29N3O5S2/c1-18-8-9-19(17-22(18)33(30,31)25-14-4-2-3-5-15-25)24-32(28,29)21-12-10-20(11-13-21)26-16-6-7-23(26)27/h8-13,17,24H,2-7,14-16H2,1H3. The fourth-order valence-corrected chi connectivity index (χ4v) is 7.12. The monoisotopic (exact) mass is 491 g/mol. The molecule has 0 unspecified atom stereocenters. The minimum absolute atomic E-state index is 0.0292. The molecule has 2 saturated heterocycles. The van der Waals surface area contributed by atoms with Crippen molar-refractivity contribution in [2.24, 2.45) is 0 Å². The normalized spacial score (nSPS) is 18.3. The quantitative estimate of drug-likeness (QED) is 0.666. The third kappa shape index (κ3) is 5.07. The van der Waals surface area contributed by atoms with Crippen LogP contribution in [0.15, 0.2) is 52.3 Å². The van der Waals surface area contributed by atoms with Crippen LogP contribution in [0.3, 0.4) is 0 Å². The Hall–Kier alpha value is -2.43. The van der Waals surface area contributed by atoms with E-state index >= 15 is 0 Å². The van der Waals surface area contributed by atoms with Crippen LogP contribution in [-0.4, -0.2) is 46.7 Å². The molecular formula is C23H29N3O5S2. The Morgan fingerprint density at radius 1 is 0.818 bits per heavy atom. The van der Waals surface area contributed by atoms with Crippen molar-refractivity contribution >= 4 is 37.3 Å². The molecule has 2 fully saturated rings. The summed E-state index contributed by atoms with van der Waals surface area (Å²) in [6.07, 6.45) is 4.95. The van der Waals surface area contributed by atoms with Gasteiger partial charge in [0, 0.05) is 31.7 Å².